The SMILES string of the molecule is CCCCCCCCCCCCc1cc2c(cc1CCCCCCCCCCCC)-c1ccccc1C2. The van der Waals surface area contributed by atoms with Gasteiger partial charge >= 0.3 is 0 Å². The van der Waals surface area contributed by atoms with E-state index >= 15 is 0 Å². The van der Waals surface area contributed by atoms with Crippen LogP contribution in [0, 0.1) is 0 Å². The first kappa shape index (κ1) is 30.0. The van der Waals surface area contributed by atoms with Crippen molar-refractivity contribution < 1.29 is 0 Å². The quantitative estimate of drug-likeness (QED) is 0.120. The van der Waals surface area contributed by atoms with Gasteiger partial charge in [0.2, 0.25) is 0 Å². The lowest BCUT2D eigenvalue weighted by atomic mass is 9.91. The minimum Gasteiger partial charge on any atom is -0.0654 e. The molecule has 1 aliphatic rings. The Morgan fingerprint density at radius 1 is 0.432 bits per heavy atom. The van der Waals surface area contributed by atoms with Crippen molar-refractivity contribution in [1.82, 2.24) is 0 Å². The lowest BCUT2D eigenvalue weighted by molar-refractivity contribution is 0.553. The van der Waals surface area contributed by atoms with E-state index in [1.54, 1.807) is 16.7 Å². The summed E-state index contributed by atoms with van der Waals surface area (Å²) in [5.74, 6) is 0. The van der Waals surface area contributed by atoms with Crippen molar-refractivity contribution >= 4 is 0 Å². The molecule has 0 radical (unpaired) electrons. The van der Waals surface area contributed by atoms with Crippen LogP contribution in [0.15, 0.2) is 36.4 Å². The molecule has 0 saturated carbocycles. The van der Waals surface area contributed by atoms with E-state index in [0.29, 0.717) is 0 Å². The van der Waals surface area contributed by atoms with Crippen molar-refractivity contribution in [2.75, 3.05) is 0 Å². The third-order valence-electron chi connectivity index (χ3n) is 8.71. The standard InChI is InChI=1S/C37H58/c1-3-5-7-9-11-13-15-17-19-21-25-32-29-35-30-34-27-23-24-28-36(34)37(35)31-33(32)26-22-20-18-16-14-12-10-8-6-4-2/h23-24,27-29,31H,3-22,25-26,30H2,1-2H3. The van der Waals surface area contributed by atoms with Gasteiger partial charge in [0.15, 0.2) is 0 Å². The summed E-state index contributed by atoms with van der Waals surface area (Å²) in [6, 6.07) is 14.3. The molecule has 0 spiro atoms. The first-order valence-electron chi connectivity index (χ1n) is 16.6. The summed E-state index contributed by atoms with van der Waals surface area (Å²) < 4.78 is 0. The average molecular weight is 503 g/mol. The van der Waals surface area contributed by atoms with Gasteiger partial charge in [-0.05, 0) is 65.5 Å². The number of fused-ring (bicyclic) bond motifs is 3. The van der Waals surface area contributed by atoms with Crippen LogP contribution in [0.4, 0.5) is 0 Å². The maximum absolute atomic E-state index is 2.61. The Hall–Kier alpha value is -1.56. The minimum absolute atomic E-state index is 1.13. The summed E-state index contributed by atoms with van der Waals surface area (Å²) in [4.78, 5) is 0. The number of rotatable bonds is 22. The lowest BCUT2D eigenvalue weighted by Crippen LogP contribution is -1.98. The normalized spacial score (nSPS) is 12.2. The highest BCUT2D eigenvalue weighted by Crippen LogP contribution is 2.38. The van der Waals surface area contributed by atoms with Gasteiger partial charge in [-0.1, -0.05) is 166 Å². The second-order valence-electron chi connectivity index (χ2n) is 12.0. The topological polar surface area (TPSA) is 0 Å². The molecule has 206 valence electrons. The maximum Gasteiger partial charge on any atom is -0.00134 e. The molecule has 0 amide bonds. The van der Waals surface area contributed by atoms with Crippen molar-refractivity contribution in [3.05, 3.63) is 58.7 Å². The number of aryl methyl sites for hydroxylation is 2. The highest BCUT2D eigenvalue weighted by Gasteiger charge is 2.20. The van der Waals surface area contributed by atoms with Crippen LogP contribution in [0.3, 0.4) is 0 Å². The largest absolute Gasteiger partial charge is 0.0654 e. The minimum atomic E-state index is 1.13. The predicted molar refractivity (Wildman–Crippen MR) is 166 cm³/mol. The molecular formula is C37H58. The molecule has 1 aliphatic carbocycles. The van der Waals surface area contributed by atoms with E-state index in [2.05, 4.69) is 50.2 Å². The smallest absolute Gasteiger partial charge is 0.00134 e. The molecule has 0 unspecified atom stereocenters. The first-order valence-corrected chi connectivity index (χ1v) is 16.6. The molecule has 0 fully saturated rings. The Labute approximate surface area is 231 Å². The molecule has 0 atom stereocenters. The molecule has 0 N–H and O–H groups in total. The summed E-state index contributed by atoms with van der Waals surface area (Å²) in [5.41, 5.74) is 9.46. The Morgan fingerprint density at radius 2 is 0.865 bits per heavy atom. The monoisotopic (exact) mass is 502 g/mol. The van der Waals surface area contributed by atoms with Crippen molar-refractivity contribution in [3.63, 3.8) is 0 Å². The Morgan fingerprint density at radius 3 is 1.38 bits per heavy atom. The second-order valence-corrected chi connectivity index (χ2v) is 12.0. The highest BCUT2D eigenvalue weighted by atomic mass is 14.2. The van der Waals surface area contributed by atoms with Crippen LogP contribution in [-0.2, 0) is 19.3 Å². The van der Waals surface area contributed by atoms with Crippen molar-refractivity contribution in [3.8, 4) is 11.1 Å². The summed E-state index contributed by atoms with van der Waals surface area (Å²) in [6.45, 7) is 4.62. The molecule has 0 heteroatoms. The third kappa shape index (κ3) is 11.0. The van der Waals surface area contributed by atoms with Crippen LogP contribution in [0.1, 0.15) is 165 Å². The number of benzene rings is 2. The van der Waals surface area contributed by atoms with Gasteiger partial charge in [0.1, 0.15) is 0 Å². The second kappa shape index (κ2) is 18.7. The molecular weight excluding hydrogens is 444 g/mol. The fourth-order valence-corrected chi connectivity index (χ4v) is 6.35. The maximum atomic E-state index is 2.61. The van der Waals surface area contributed by atoms with Crippen LogP contribution < -0.4 is 0 Å². The average Bonchev–Trinajstić information content (AvgIpc) is 3.28. The lowest BCUT2D eigenvalue weighted by Gasteiger charge is -2.14. The summed E-state index contributed by atoms with van der Waals surface area (Å²) in [6.07, 6.45) is 32.1. The Balaban J connectivity index is 1.43. The molecule has 0 aromatic heterocycles. The van der Waals surface area contributed by atoms with Gasteiger partial charge in [-0.3, -0.25) is 0 Å². The van der Waals surface area contributed by atoms with Crippen LogP contribution in [-0.4, -0.2) is 0 Å². The fourth-order valence-electron chi connectivity index (χ4n) is 6.35. The van der Waals surface area contributed by atoms with Crippen LogP contribution in [0.5, 0.6) is 0 Å². The van der Waals surface area contributed by atoms with Crippen LogP contribution in [0.25, 0.3) is 11.1 Å². The number of hydrogen-bond acceptors (Lipinski definition) is 0. The van der Waals surface area contributed by atoms with Gasteiger partial charge in [0, 0.05) is 0 Å². The highest BCUT2D eigenvalue weighted by molar-refractivity contribution is 5.77. The van der Waals surface area contributed by atoms with Crippen molar-refractivity contribution in [2.24, 2.45) is 0 Å². The third-order valence-corrected chi connectivity index (χ3v) is 8.71. The molecule has 2 aromatic carbocycles. The fraction of sp³-hybridized carbons (Fsp3) is 0.676. The van der Waals surface area contributed by atoms with Gasteiger partial charge in [-0.15, -0.1) is 0 Å². The summed E-state index contributed by atoms with van der Waals surface area (Å²) in [5, 5.41) is 0. The molecule has 0 heterocycles. The van der Waals surface area contributed by atoms with E-state index in [1.165, 1.54) is 158 Å². The molecule has 0 aliphatic heterocycles. The van der Waals surface area contributed by atoms with E-state index in [-0.39, 0.29) is 0 Å². The first-order chi connectivity index (χ1) is 18.3. The van der Waals surface area contributed by atoms with Gasteiger partial charge in [0.05, 0.1) is 0 Å². The summed E-state index contributed by atoms with van der Waals surface area (Å²) in [7, 11) is 0. The number of unbranched alkanes of at least 4 members (excludes halogenated alkanes) is 18. The van der Waals surface area contributed by atoms with Crippen LogP contribution in [0.2, 0.25) is 0 Å². The molecule has 37 heavy (non-hydrogen) atoms. The molecule has 2 aromatic rings. The molecule has 0 bridgehead atoms. The zero-order valence-electron chi connectivity index (χ0n) is 24.7. The van der Waals surface area contributed by atoms with Gasteiger partial charge < -0.3 is 0 Å². The number of hydrogen-bond donors (Lipinski definition) is 0. The van der Waals surface area contributed by atoms with Gasteiger partial charge in [0.25, 0.3) is 0 Å². The van der Waals surface area contributed by atoms with Gasteiger partial charge in [-0.25, -0.2) is 0 Å². The van der Waals surface area contributed by atoms with E-state index in [1.807, 2.05) is 0 Å². The van der Waals surface area contributed by atoms with E-state index in [9.17, 15) is 0 Å². The zero-order chi connectivity index (χ0) is 26.0. The Kier molecular flexibility index (Phi) is 15.1. The van der Waals surface area contributed by atoms with E-state index < -0.39 is 0 Å². The van der Waals surface area contributed by atoms with Gasteiger partial charge in [-0.2, -0.15) is 0 Å². The summed E-state index contributed by atoms with van der Waals surface area (Å²) >= 11 is 0. The van der Waals surface area contributed by atoms with E-state index in [4.69, 9.17) is 0 Å². The predicted octanol–water partition coefficient (Wildman–Crippen LogP) is 12.2. The zero-order valence-corrected chi connectivity index (χ0v) is 24.7. The Bertz CT molecular complexity index is 860. The molecule has 0 saturated heterocycles. The van der Waals surface area contributed by atoms with Crippen molar-refractivity contribution in [1.29, 1.82) is 0 Å². The molecule has 3 rings (SSSR count). The van der Waals surface area contributed by atoms with Crippen molar-refractivity contribution in [2.45, 2.75) is 162 Å². The van der Waals surface area contributed by atoms with Crippen LogP contribution >= 0.6 is 0 Å². The molecule has 0 nitrogen and oxygen atoms in total. The van der Waals surface area contributed by atoms with E-state index in [0.717, 1.165) is 6.42 Å².